The SMILES string of the molecule is Cc1cc(OC(C)[C@@H]2CCN2)cnc1C. The molecule has 0 spiro atoms. The van der Waals surface area contributed by atoms with Crippen LogP contribution in [0.15, 0.2) is 12.3 Å². The molecule has 0 saturated carbocycles. The number of hydrogen-bond donors (Lipinski definition) is 1. The van der Waals surface area contributed by atoms with E-state index in [4.69, 9.17) is 4.74 Å². The van der Waals surface area contributed by atoms with Crippen molar-refractivity contribution in [2.24, 2.45) is 0 Å². The zero-order valence-corrected chi connectivity index (χ0v) is 9.58. The maximum absolute atomic E-state index is 5.83. The summed E-state index contributed by atoms with van der Waals surface area (Å²) in [5.41, 5.74) is 2.25. The summed E-state index contributed by atoms with van der Waals surface area (Å²) in [5.74, 6) is 0.874. The summed E-state index contributed by atoms with van der Waals surface area (Å²) in [6.45, 7) is 7.28. The standard InChI is InChI=1S/C12H18N2O/c1-8-6-11(7-14-9(8)2)15-10(3)12-4-5-13-12/h6-7,10,12-13H,4-5H2,1-3H3/t10?,12-/m0/s1. The number of hydrogen-bond acceptors (Lipinski definition) is 3. The summed E-state index contributed by atoms with van der Waals surface area (Å²) in [7, 11) is 0. The van der Waals surface area contributed by atoms with Gasteiger partial charge in [0.2, 0.25) is 0 Å². The second-order valence-corrected chi connectivity index (χ2v) is 4.25. The lowest BCUT2D eigenvalue weighted by Crippen LogP contribution is -2.51. The van der Waals surface area contributed by atoms with E-state index in [0.29, 0.717) is 6.04 Å². The Morgan fingerprint density at radius 1 is 1.53 bits per heavy atom. The van der Waals surface area contributed by atoms with Crippen molar-refractivity contribution in [3.8, 4) is 5.75 Å². The number of pyridine rings is 1. The molecule has 1 aromatic rings. The van der Waals surface area contributed by atoms with Crippen molar-refractivity contribution >= 4 is 0 Å². The predicted octanol–water partition coefficient (Wildman–Crippen LogP) is 1.83. The molecule has 0 aromatic carbocycles. The minimum atomic E-state index is 0.225. The highest BCUT2D eigenvalue weighted by atomic mass is 16.5. The van der Waals surface area contributed by atoms with E-state index in [-0.39, 0.29) is 6.10 Å². The average Bonchev–Trinajstić information content (AvgIpc) is 2.08. The molecule has 15 heavy (non-hydrogen) atoms. The van der Waals surface area contributed by atoms with E-state index in [0.717, 1.165) is 18.0 Å². The molecule has 2 rings (SSSR count). The molecule has 82 valence electrons. The molecule has 1 saturated heterocycles. The van der Waals surface area contributed by atoms with Crippen LogP contribution in [0.4, 0.5) is 0 Å². The highest BCUT2D eigenvalue weighted by Crippen LogP contribution is 2.18. The van der Waals surface area contributed by atoms with Crippen molar-refractivity contribution in [3.63, 3.8) is 0 Å². The Kier molecular flexibility index (Phi) is 2.91. The van der Waals surface area contributed by atoms with Crippen LogP contribution < -0.4 is 10.1 Å². The molecule has 1 aliphatic rings. The van der Waals surface area contributed by atoms with Crippen LogP contribution in [-0.4, -0.2) is 23.7 Å². The molecule has 1 aliphatic heterocycles. The van der Waals surface area contributed by atoms with Crippen molar-refractivity contribution in [1.82, 2.24) is 10.3 Å². The first-order valence-electron chi connectivity index (χ1n) is 5.50. The maximum atomic E-state index is 5.83. The van der Waals surface area contributed by atoms with Gasteiger partial charge < -0.3 is 10.1 Å². The Bertz CT molecular complexity index is 347. The van der Waals surface area contributed by atoms with E-state index < -0.39 is 0 Å². The first kappa shape index (κ1) is 10.4. The summed E-state index contributed by atoms with van der Waals surface area (Å²) in [5, 5.41) is 3.35. The van der Waals surface area contributed by atoms with E-state index in [1.807, 2.05) is 6.92 Å². The van der Waals surface area contributed by atoms with Gasteiger partial charge in [-0.1, -0.05) is 0 Å². The Morgan fingerprint density at radius 2 is 2.27 bits per heavy atom. The first-order chi connectivity index (χ1) is 7.16. The van der Waals surface area contributed by atoms with Crippen molar-refractivity contribution in [2.75, 3.05) is 6.54 Å². The van der Waals surface area contributed by atoms with Crippen molar-refractivity contribution < 1.29 is 4.74 Å². The van der Waals surface area contributed by atoms with Gasteiger partial charge in [-0.3, -0.25) is 4.98 Å². The van der Waals surface area contributed by atoms with Crippen LogP contribution in [0.5, 0.6) is 5.75 Å². The van der Waals surface area contributed by atoms with Crippen molar-refractivity contribution in [3.05, 3.63) is 23.5 Å². The Labute approximate surface area is 90.9 Å². The minimum absolute atomic E-state index is 0.225. The van der Waals surface area contributed by atoms with Gasteiger partial charge in [-0.15, -0.1) is 0 Å². The van der Waals surface area contributed by atoms with Gasteiger partial charge in [0.25, 0.3) is 0 Å². The Morgan fingerprint density at radius 3 is 2.80 bits per heavy atom. The second-order valence-electron chi connectivity index (χ2n) is 4.25. The second kappa shape index (κ2) is 4.19. The largest absolute Gasteiger partial charge is 0.487 e. The molecule has 0 aliphatic carbocycles. The zero-order valence-electron chi connectivity index (χ0n) is 9.58. The van der Waals surface area contributed by atoms with Gasteiger partial charge in [0, 0.05) is 11.7 Å². The van der Waals surface area contributed by atoms with Gasteiger partial charge in [-0.2, -0.15) is 0 Å². The highest BCUT2D eigenvalue weighted by molar-refractivity contribution is 5.27. The van der Waals surface area contributed by atoms with Gasteiger partial charge in [0.15, 0.2) is 0 Å². The van der Waals surface area contributed by atoms with Crippen LogP contribution in [0.3, 0.4) is 0 Å². The third kappa shape index (κ3) is 2.29. The topological polar surface area (TPSA) is 34.1 Å². The number of nitrogens with one attached hydrogen (secondary N) is 1. The van der Waals surface area contributed by atoms with E-state index in [1.165, 1.54) is 12.0 Å². The van der Waals surface area contributed by atoms with Crippen LogP contribution in [-0.2, 0) is 0 Å². The molecule has 1 N–H and O–H groups in total. The predicted molar refractivity (Wildman–Crippen MR) is 60.2 cm³/mol. The molecule has 0 radical (unpaired) electrons. The third-order valence-electron chi connectivity index (χ3n) is 3.07. The third-order valence-corrected chi connectivity index (χ3v) is 3.07. The van der Waals surface area contributed by atoms with Gasteiger partial charge in [-0.25, -0.2) is 0 Å². The molecule has 1 fully saturated rings. The smallest absolute Gasteiger partial charge is 0.138 e. The monoisotopic (exact) mass is 206 g/mol. The molecule has 3 heteroatoms. The van der Waals surface area contributed by atoms with Crippen LogP contribution in [0.1, 0.15) is 24.6 Å². The molecule has 2 heterocycles. The number of ether oxygens (including phenoxy) is 1. The molecule has 0 amide bonds. The lowest BCUT2D eigenvalue weighted by atomic mass is 10.0. The van der Waals surface area contributed by atoms with Crippen molar-refractivity contribution in [1.29, 1.82) is 0 Å². The lowest BCUT2D eigenvalue weighted by molar-refractivity contribution is 0.133. The van der Waals surface area contributed by atoms with Crippen molar-refractivity contribution in [2.45, 2.75) is 39.3 Å². The number of nitrogens with zero attached hydrogens (tertiary/aromatic N) is 1. The van der Waals surface area contributed by atoms with E-state index >= 15 is 0 Å². The Hall–Kier alpha value is -1.09. The maximum Gasteiger partial charge on any atom is 0.138 e. The molecule has 1 aromatic heterocycles. The fourth-order valence-corrected chi connectivity index (χ4v) is 1.69. The van der Waals surface area contributed by atoms with Gasteiger partial charge in [-0.05, 0) is 45.4 Å². The fraction of sp³-hybridized carbons (Fsp3) is 0.583. The quantitative estimate of drug-likeness (QED) is 0.819. The fourth-order valence-electron chi connectivity index (χ4n) is 1.69. The average molecular weight is 206 g/mol. The summed E-state index contributed by atoms with van der Waals surface area (Å²) >= 11 is 0. The Balaban J connectivity index is 2.00. The van der Waals surface area contributed by atoms with Crippen LogP contribution in [0.2, 0.25) is 0 Å². The number of aromatic nitrogens is 1. The lowest BCUT2D eigenvalue weighted by Gasteiger charge is -2.33. The summed E-state index contributed by atoms with van der Waals surface area (Å²) in [6, 6.07) is 2.56. The minimum Gasteiger partial charge on any atom is -0.487 e. The molecular weight excluding hydrogens is 188 g/mol. The van der Waals surface area contributed by atoms with Crippen LogP contribution in [0.25, 0.3) is 0 Å². The summed E-state index contributed by atoms with van der Waals surface area (Å²) in [4.78, 5) is 4.29. The van der Waals surface area contributed by atoms with E-state index in [1.54, 1.807) is 6.20 Å². The highest BCUT2D eigenvalue weighted by Gasteiger charge is 2.24. The van der Waals surface area contributed by atoms with E-state index in [2.05, 4.69) is 30.2 Å². The number of aryl methyl sites for hydroxylation is 2. The zero-order chi connectivity index (χ0) is 10.8. The number of rotatable bonds is 3. The first-order valence-corrected chi connectivity index (χ1v) is 5.50. The normalized spacial score (nSPS) is 21.9. The van der Waals surface area contributed by atoms with E-state index in [9.17, 15) is 0 Å². The van der Waals surface area contributed by atoms with Gasteiger partial charge in [0.05, 0.1) is 6.20 Å². The molecular formula is C12H18N2O. The summed E-state index contributed by atoms with van der Waals surface area (Å²) < 4.78 is 5.83. The molecule has 3 nitrogen and oxygen atoms in total. The van der Waals surface area contributed by atoms with Gasteiger partial charge >= 0.3 is 0 Å². The summed E-state index contributed by atoms with van der Waals surface area (Å²) in [6.07, 6.45) is 3.24. The molecule has 1 unspecified atom stereocenters. The van der Waals surface area contributed by atoms with Crippen LogP contribution >= 0.6 is 0 Å². The van der Waals surface area contributed by atoms with Gasteiger partial charge in [0.1, 0.15) is 11.9 Å². The molecule has 0 bridgehead atoms. The molecule has 2 atom stereocenters. The van der Waals surface area contributed by atoms with Crippen LogP contribution in [0, 0.1) is 13.8 Å².